The molecule has 0 saturated heterocycles. The van der Waals surface area contributed by atoms with Crippen LogP contribution in [0.4, 0.5) is 43.9 Å². The van der Waals surface area contributed by atoms with Gasteiger partial charge in [-0.2, -0.15) is 0 Å². The minimum atomic E-state index is -3.05. The van der Waals surface area contributed by atoms with Crippen LogP contribution < -0.4 is 0 Å². The van der Waals surface area contributed by atoms with Gasteiger partial charge >= 0.3 is 0 Å². The highest BCUT2D eigenvalue weighted by Crippen LogP contribution is 2.51. The van der Waals surface area contributed by atoms with E-state index in [2.05, 4.69) is 0 Å². The standard InChI is InChI=1S/C19HCl5F10/c20-5-2(6(21)8(23)9(24)7(5)22)1(3-10(25)14(29)18(33)15(30)11(3)26)4-12(27)16(31)19(34)17(32)13(4)28/h1H. The van der Waals surface area contributed by atoms with Crippen LogP contribution in [0, 0.1) is 58.2 Å². The van der Waals surface area contributed by atoms with Crippen molar-refractivity contribution in [2.75, 3.05) is 0 Å². The number of hydrogen-bond acceptors (Lipinski definition) is 0. The Morgan fingerprint density at radius 1 is 0.294 bits per heavy atom. The largest absolute Gasteiger partial charge is 0.203 e. The van der Waals surface area contributed by atoms with E-state index < -0.39 is 106 Å². The summed E-state index contributed by atoms with van der Waals surface area (Å²) < 4.78 is 142. The molecule has 15 heteroatoms. The zero-order valence-corrected chi connectivity index (χ0v) is 19.0. The molecule has 0 radical (unpaired) electrons. The molecular formula is C19HCl5F10. The van der Waals surface area contributed by atoms with Crippen LogP contribution in [-0.4, -0.2) is 0 Å². The van der Waals surface area contributed by atoms with Gasteiger partial charge in [0.15, 0.2) is 46.5 Å². The summed E-state index contributed by atoms with van der Waals surface area (Å²) in [6.07, 6.45) is 0. The van der Waals surface area contributed by atoms with Crippen LogP contribution in [0.2, 0.25) is 25.1 Å². The highest BCUT2D eigenvalue weighted by Gasteiger charge is 2.41. The second kappa shape index (κ2) is 9.46. The van der Waals surface area contributed by atoms with E-state index in [0.29, 0.717) is 0 Å². The van der Waals surface area contributed by atoms with Crippen molar-refractivity contribution in [3.63, 3.8) is 0 Å². The SMILES string of the molecule is Fc1c(F)c(F)c(C(c2c(F)c(F)c(F)c(F)c2F)c2c(Cl)c(Cl)c(Cl)c(Cl)c2Cl)c(F)c1F. The van der Waals surface area contributed by atoms with Crippen LogP contribution in [0.5, 0.6) is 0 Å². The first-order valence-corrected chi connectivity index (χ1v) is 10.1. The molecule has 0 unspecified atom stereocenters. The Hall–Kier alpha value is -1.59. The van der Waals surface area contributed by atoms with E-state index in [9.17, 15) is 43.9 Å². The summed E-state index contributed by atoms with van der Waals surface area (Å²) in [6.45, 7) is 0. The van der Waals surface area contributed by atoms with Gasteiger partial charge in [0.25, 0.3) is 0 Å². The van der Waals surface area contributed by atoms with Crippen molar-refractivity contribution in [3.05, 3.63) is 100.0 Å². The number of hydrogen-bond donors (Lipinski definition) is 0. The summed E-state index contributed by atoms with van der Waals surface area (Å²) in [4.78, 5) is 0. The van der Waals surface area contributed by atoms with Crippen LogP contribution in [-0.2, 0) is 0 Å². The second-order valence-electron chi connectivity index (χ2n) is 6.38. The molecule has 0 heterocycles. The first-order chi connectivity index (χ1) is 15.7. The molecule has 0 spiro atoms. The van der Waals surface area contributed by atoms with Crippen LogP contribution >= 0.6 is 58.0 Å². The average molecular weight is 596 g/mol. The molecule has 0 aliphatic heterocycles. The lowest BCUT2D eigenvalue weighted by molar-refractivity contribution is 0.357. The van der Waals surface area contributed by atoms with Crippen molar-refractivity contribution in [3.8, 4) is 0 Å². The molecule has 0 aliphatic carbocycles. The molecule has 0 nitrogen and oxygen atoms in total. The summed E-state index contributed by atoms with van der Waals surface area (Å²) in [7, 11) is 0. The molecule has 0 saturated carbocycles. The van der Waals surface area contributed by atoms with Gasteiger partial charge in [-0.05, 0) is 0 Å². The van der Waals surface area contributed by atoms with Crippen LogP contribution in [0.3, 0.4) is 0 Å². The fraction of sp³-hybridized carbons (Fsp3) is 0.0526. The Morgan fingerprint density at radius 3 is 0.765 bits per heavy atom. The van der Waals surface area contributed by atoms with Crippen molar-refractivity contribution >= 4 is 58.0 Å². The molecule has 3 rings (SSSR count). The Morgan fingerprint density at radius 2 is 0.500 bits per heavy atom. The molecule has 0 aliphatic rings. The van der Waals surface area contributed by atoms with Gasteiger partial charge in [-0.15, -0.1) is 0 Å². The molecule has 3 aromatic carbocycles. The molecule has 34 heavy (non-hydrogen) atoms. The zero-order chi connectivity index (χ0) is 26.0. The third-order valence-corrected chi connectivity index (χ3v) is 6.90. The van der Waals surface area contributed by atoms with Gasteiger partial charge in [-0.1, -0.05) is 58.0 Å². The van der Waals surface area contributed by atoms with E-state index >= 15 is 0 Å². The highest BCUT2D eigenvalue weighted by atomic mass is 35.5. The number of benzene rings is 3. The van der Waals surface area contributed by atoms with E-state index in [0.717, 1.165) is 0 Å². The lowest BCUT2D eigenvalue weighted by Crippen LogP contribution is -2.19. The Bertz CT molecular complexity index is 1120. The summed E-state index contributed by atoms with van der Waals surface area (Å²) in [5, 5.41) is -4.19. The smallest absolute Gasteiger partial charge is 0.200 e. The summed E-state index contributed by atoms with van der Waals surface area (Å²) >= 11 is 29.2. The molecule has 0 amide bonds. The zero-order valence-electron chi connectivity index (χ0n) is 15.2. The second-order valence-corrected chi connectivity index (χ2v) is 8.27. The summed E-state index contributed by atoms with van der Waals surface area (Å²) in [5.41, 5.74) is -5.31. The molecule has 3 aromatic rings. The molecule has 182 valence electrons. The first-order valence-electron chi connectivity index (χ1n) is 8.20. The van der Waals surface area contributed by atoms with E-state index in [4.69, 9.17) is 58.0 Å². The predicted octanol–water partition coefficient (Wildman–Crippen LogP) is 9.52. The Kier molecular flexibility index (Phi) is 7.51. The van der Waals surface area contributed by atoms with Gasteiger partial charge in [0, 0.05) is 22.6 Å². The maximum absolute atomic E-state index is 14.7. The molecule has 0 aromatic heterocycles. The average Bonchev–Trinajstić information content (AvgIpc) is 2.81. The quantitative estimate of drug-likeness (QED) is 0.122. The van der Waals surface area contributed by atoms with Gasteiger partial charge < -0.3 is 0 Å². The molecule has 0 bridgehead atoms. The fourth-order valence-corrected chi connectivity index (χ4v) is 4.43. The topological polar surface area (TPSA) is 0 Å². The van der Waals surface area contributed by atoms with Crippen molar-refractivity contribution < 1.29 is 43.9 Å². The van der Waals surface area contributed by atoms with E-state index in [1.54, 1.807) is 0 Å². The third kappa shape index (κ3) is 3.87. The summed E-state index contributed by atoms with van der Waals surface area (Å²) in [5.74, 6) is -29.6. The van der Waals surface area contributed by atoms with Gasteiger partial charge in [0.2, 0.25) is 11.6 Å². The predicted molar refractivity (Wildman–Crippen MR) is 105 cm³/mol. The maximum atomic E-state index is 14.7. The first kappa shape index (κ1) is 27.0. The Balaban J connectivity index is 2.68. The molecule has 0 atom stereocenters. The normalized spacial score (nSPS) is 11.6. The number of rotatable bonds is 3. The monoisotopic (exact) mass is 594 g/mol. The minimum absolute atomic E-state index is 0.615. The van der Waals surface area contributed by atoms with Crippen molar-refractivity contribution in [1.29, 1.82) is 0 Å². The van der Waals surface area contributed by atoms with Gasteiger partial charge in [-0.3, -0.25) is 0 Å². The van der Waals surface area contributed by atoms with Crippen LogP contribution in [0.1, 0.15) is 22.6 Å². The molecular weight excluding hydrogens is 595 g/mol. The van der Waals surface area contributed by atoms with Crippen LogP contribution in [0.15, 0.2) is 0 Å². The molecule has 0 fully saturated rings. The van der Waals surface area contributed by atoms with Crippen molar-refractivity contribution in [1.82, 2.24) is 0 Å². The van der Waals surface area contributed by atoms with Gasteiger partial charge in [0.05, 0.1) is 25.1 Å². The highest BCUT2D eigenvalue weighted by molar-refractivity contribution is 6.55. The minimum Gasteiger partial charge on any atom is -0.203 e. The number of halogens is 15. The van der Waals surface area contributed by atoms with E-state index in [-0.39, 0.29) is 0 Å². The third-order valence-electron chi connectivity index (χ3n) is 4.60. The lowest BCUT2D eigenvalue weighted by Gasteiger charge is -2.25. The van der Waals surface area contributed by atoms with Crippen molar-refractivity contribution in [2.24, 2.45) is 0 Å². The maximum Gasteiger partial charge on any atom is 0.200 e. The van der Waals surface area contributed by atoms with E-state index in [1.165, 1.54) is 0 Å². The summed E-state index contributed by atoms with van der Waals surface area (Å²) in [6, 6.07) is 0. The van der Waals surface area contributed by atoms with Crippen molar-refractivity contribution in [2.45, 2.75) is 5.92 Å². The molecule has 0 N–H and O–H groups in total. The van der Waals surface area contributed by atoms with Gasteiger partial charge in [0.1, 0.15) is 0 Å². The van der Waals surface area contributed by atoms with Gasteiger partial charge in [-0.25, -0.2) is 43.9 Å². The van der Waals surface area contributed by atoms with Crippen LogP contribution in [0.25, 0.3) is 0 Å². The fourth-order valence-electron chi connectivity index (χ4n) is 3.06. The Labute approximate surface area is 207 Å². The van der Waals surface area contributed by atoms with E-state index in [1.807, 2.05) is 0 Å². The lowest BCUT2D eigenvalue weighted by atomic mass is 9.83.